The molecule has 3 rings (SSSR count). The topological polar surface area (TPSA) is 80.7 Å². The number of nitrogens with zero attached hydrogens (tertiary/aromatic N) is 2. The molecule has 0 fully saturated rings. The first-order chi connectivity index (χ1) is 7.36. The number of nitrogen functional groups attached to an aromatic ring is 1. The number of nitrogens with one attached hydrogen (secondary N) is 1. The van der Waals surface area contributed by atoms with Gasteiger partial charge in [0.2, 0.25) is 5.76 Å². The molecule has 2 heterocycles. The maximum atomic E-state index is 5.71. The van der Waals surface area contributed by atoms with Crippen molar-refractivity contribution in [1.29, 1.82) is 0 Å². The number of fused-ring (bicyclic) bond motifs is 1. The fourth-order valence-corrected chi connectivity index (χ4v) is 1.56. The van der Waals surface area contributed by atoms with Crippen molar-refractivity contribution in [3.63, 3.8) is 0 Å². The first kappa shape index (κ1) is 8.05. The summed E-state index contributed by atoms with van der Waals surface area (Å²) in [5.74, 6) is 0.507. The van der Waals surface area contributed by atoms with E-state index in [2.05, 4.69) is 15.4 Å². The molecule has 0 aliphatic heterocycles. The molecule has 5 heteroatoms. The lowest BCUT2D eigenvalue weighted by Gasteiger charge is -1.92. The molecule has 15 heavy (non-hydrogen) atoms. The Hall–Kier alpha value is -2.30. The minimum Gasteiger partial charge on any atom is -0.394 e. The Morgan fingerprint density at radius 2 is 2.13 bits per heavy atom. The van der Waals surface area contributed by atoms with Crippen molar-refractivity contribution in [2.75, 3.05) is 5.73 Å². The summed E-state index contributed by atoms with van der Waals surface area (Å²) in [4.78, 5) is 0. The van der Waals surface area contributed by atoms with Crippen molar-refractivity contribution in [2.45, 2.75) is 0 Å². The molecule has 2 aromatic heterocycles. The molecular formula is C10H8N4O. The van der Waals surface area contributed by atoms with E-state index in [0.717, 1.165) is 10.9 Å². The molecule has 0 unspecified atom stereocenters. The van der Waals surface area contributed by atoms with Crippen LogP contribution in [0.25, 0.3) is 22.4 Å². The largest absolute Gasteiger partial charge is 0.394 e. The number of benzene rings is 1. The van der Waals surface area contributed by atoms with E-state index in [0.29, 0.717) is 17.1 Å². The Morgan fingerprint density at radius 1 is 1.27 bits per heavy atom. The highest BCUT2D eigenvalue weighted by Gasteiger charge is 2.14. The minimum absolute atomic E-state index is 0.493. The lowest BCUT2D eigenvalue weighted by atomic mass is 10.2. The molecule has 74 valence electrons. The maximum absolute atomic E-state index is 5.71. The van der Waals surface area contributed by atoms with Gasteiger partial charge >= 0.3 is 0 Å². The fraction of sp³-hybridized carbons (Fsp3) is 0. The van der Waals surface area contributed by atoms with Crippen LogP contribution in [0, 0.1) is 0 Å². The number of hydrogen-bond donors (Lipinski definition) is 2. The molecule has 5 nitrogen and oxygen atoms in total. The highest BCUT2D eigenvalue weighted by Crippen LogP contribution is 2.29. The zero-order valence-corrected chi connectivity index (χ0v) is 7.77. The van der Waals surface area contributed by atoms with Crippen LogP contribution in [0.15, 0.2) is 35.0 Å². The molecule has 0 saturated heterocycles. The Morgan fingerprint density at radius 3 is 2.93 bits per heavy atom. The number of para-hydroxylation sites is 1. The summed E-state index contributed by atoms with van der Waals surface area (Å²) >= 11 is 0. The van der Waals surface area contributed by atoms with Crippen molar-refractivity contribution in [2.24, 2.45) is 0 Å². The van der Waals surface area contributed by atoms with E-state index < -0.39 is 0 Å². The van der Waals surface area contributed by atoms with E-state index in [1.807, 2.05) is 24.3 Å². The van der Waals surface area contributed by atoms with Crippen LogP contribution in [-0.4, -0.2) is 15.4 Å². The SMILES string of the molecule is Nc1cnoc1-c1n[nH]c2ccccc12. The van der Waals surface area contributed by atoms with Gasteiger partial charge in [-0.1, -0.05) is 23.4 Å². The van der Waals surface area contributed by atoms with E-state index in [1.54, 1.807) is 0 Å². The second kappa shape index (κ2) is 2.84. The average Bonchev–Trinajstić information content (AvgIpc) is 2.83. The second-order valence-corrected chi connectivity index (χ2v) is 3.23. The predicted molar refractivity (Wildman–Crippen MR) is 56.0 cm³/mol. The molecule has 0 spiro atoms. The van der Waals surface area contributed by atoms with Gasteiger partial charge in [0, 0.05) is 5.39 Å². The molecular weight excluding hydrogens is 192 g/mol. The van der Waals surface area contributed by atoms with Gasteiger partial charge in [0.1, 0.15) is 11.4 Å². The number of hydrogen-bond acceptors (Lipinski definition) is 4. The van der Waals surface area contributed by atoms with Crippen molar-refractivity contribution in [3.05, 3.63) is 30.5 Å². The number of aromatic amines is 1. The van der Waals surface area contributed by atoms with Gasteiger partial charge in [-0.25, -0.2) is 0 Å². The maximum Gasteiger partial charge on any atom is 0.210 e. The summed E-state index contributed by atoms with van der Waals surface area (Å²) in [5.41, 5.74) is 7.85. The fourth-order valence-electron chi connectivity index (χ4n) is 1.56. The standard InChI is InChI=1S/C10H8N4O/c11-7-5-12-15-10(7)9-6-3-1-2-4-8(6)13-14-9/h1-5H,11H2,(H,13,14). The summed E-state index contributed by atoms with van der Waals surface area (Å²) in [6.45, 7) is 0. The van der Waals surface area contributed by atoms with Crippen molar-refractivity contribution < 1.29 is 4.52 Å². The third-order valence-electron chi connectivity index (χ3n) is 2.28. The average molecular weight is 200 g/mol. The molecule has 0 atom stereocenters. The van der Waals surface area contributed by atoms with Crippen LogP contribution < -0.4 is 5.73 Å². The van der Waals surface area contributed by atoms with Gasteiger partial charge in [0.25, 0.3) is 0 Å². The predicted octanol–water partition coefficient (Wildman–Crippen LogP) is 1.80. The Kier molecular flexibility index (Phi) is 1.53. The quantitative estimate of drug-likeness (QED) is 0.627. The molecule has 0 saturated carbocycles. The summed E-state index contributed by atoms with van der Waals surface area (Å²) in [6, 6.07) is 7.77. The molecule has 1 aromatic carbocycles. The van der Waals surface area contributed by atoms with Crippen molar-refractivity contribution >= 4 is 16.6 Å². The zero-order valence-electron chi connectivity index (χ0n) is 7.77. The van der Waals surface area contributed by atoms with Crippen LogP contribution in [0.1, 0.15) is 0 Å². The summed E-state index contributed by atoms with van der Waals surface area (Å²) < 4.78 is 5.06. The van der Waals surface area contributed by atoms with E-state index in [4.69, 9.17) is 10.3 Å². The van der Waals surface area contributed by atoms with E-state index in [1.165, 1.54) is 6.20 Å². The van der Waals surface area contributed by atoms with Crippen molar-refractivity contribution in [3.8, 4) is 11.5 Å². The monoisotopic (exact) mass is 200 g/mol. The third-order valence-corrected chi connectivity index (χ3v) is 2.28. The van der Waals surface area contributed by atoms with E-state index >= 15 is 0 Å². The minimum atomic E-state index is 0.493. The summed E-state index contributed by atoms with van der Waals surface area (Å²) in [7, 11) is 0. The number of aromatic nitrogens is 3. The number of rotatable bonds is 1. The highest BCUT2D eigenvalue weighted by molar-refractivity contribution is 5.93. The molecule has 3 N–H and O–H groups in total. The number of anilines is 1. The third kappa shape index (κ3) is 1.10. The van der Waals surface area contributed by atoms with Gasteiger partial charge in [-0.15, -0.1) is 0 Å². The van der Waals surface area contributed by atoms with E-state index in [-0.39, 0.29) is 0 Å². The first-order valence-electron chi connectivity index (χ1n) is 4.50. The van der Waals surface area contributed by atoms with Crippen LogP contribution in [-0.2, 0) is 0 Å². The number of H-pyrrole nitrogens is 1. The van der Waals surface area contributed by atoms with Gasteiger partial charge in [0.15, 0.2) is 0 Å². The van der Waals surface area contributed by atoms with Crippen LogP contribution in [0.2, 0.25) is 0 Å². The molecule has 3 aromatic rings. The lowest BCUT2D eigenvalue weighted by Crippen LogP contribution is -1.85. The van der Waals surface area contributed by atoms with Gasteiger partial charge in [-0.05, 0) is 6.07 Å². The van der Waals surface area contributed by atoms with Crippen LogP contribution in [0.4, 0.5) is 5.69 Å². The van der Waals surface area contributed by atoms with Gasteiger partial charge in [0.05, 0.1) is 11.7 Å². The second-order valence-electron chi connectivity index (χ2n) is 3.23. The molecule has 0 radical (unpaired) electrons. The van der Waals surface area contributed by atoms with Gasteiger partial charge < -0.3 is 10.3 Å². The lowest BCUT2D eigenvalue weighted by molar-refractivity contribution is 0.431. The normalized spacial score (nSPS) is 10.9. The Labute approximate surface area is 84.9 Å². The zero-order chi connectivity index (χ0) is 10.3. The van der Waals surface area contributed by atoms with E-state index in [9.17, 15) is 0 Å². The molecule has 0 aliphatic rings. The van der Waals surface area contributed by atoms with Crippen LogP contribution in [0.3, 0.4) is 0 Å². The summed E-state index contributed by atoms with van der Waals surface area (Å²) in [6.07, 6.45) is 1.47. The molecule has 0 bridgehead atoms. The molecule has 0 amide bonds. The molecule has 0 aliphatic carbocycles. The van der Waals surface area contributed by atoms with Crippen LogP contribution in [0.5, 0.6) is 0 Å². The van der Waals surface area contributed by atoms with Gasteiger partial charge in [-0.2, -0.15) is 5.10 Å². The van der Waals surface area contributed by atoms with Crippen molar-refractivity contribution in [1.82, 2.24) is 15.4 Å². The number of nitrogens with two attached hydrogens (primary N) is 1. The van der Waals surface area contributed by atoms with Gasteiger partial charge in [-0.3, -0.25) is 5.10 Å². The Balaban J connectivity index is 2.32. The highest BCUT2D eigenvalue weighted by atomic mass is 16.5. The summed E-state index contributed by atoms with van der Waals surface area (Å²) in [5, 5.41) is 11.7. The smallest absolute Gasteiger partial charge is 0.210 e. The van der Waals surface area contributed by atoms with Crippen LogP contribution >= 0.6 is 0 Å². The first-order valence-corrected chi connectivity index (χ1v) is 4.50. The Bertz CT molecular complexity index is 610.